The average Bonchev–Trinajstić information content (AvgIpc) is 2.41. The Morgan fingerprint density at radius 2 is 1.60 bits per heavy atom. The van der Waals surface area contributed by atoms with Gasteiger partial charge in [-0.3, -0.25) is 4.90 Å². The van der Waals surface area contributed by atoms with E-state index in [0.29, 0.717) is 13.1 Å². The first kappa shape index (κ1) is 17.9. The number of hydrogen-bond acceptors (Lipinski definition) is 5. The molecule has 120 valence electrons. The summed E-state index contributed by atoms with van der Waals surface area (Å²) in [6.45, 7) is 7.53. The van der Waals surface area contributed by atoms with E-state index in [4.69, 9.17) is 10.2 Å². The van der Waals surface area contributed by atoms with Gasteiger partial charge in [-0.2, -0.15) is 0 Å². The van der Waals surface area contributed by atoms with E-state index in [1.54, 1.807) is 0 Å². The Hall–Kier alpha value is -0.200. The predicted octanol–water partition coefficient (Wildman–Crippen LogP) is -0.0633. The molecular formula is C15H33N3O2. The van der Waals surface area contributed by atoms with Crippen LogP contribution in [0, 0.1) is 5.92 Å². The fourth-order valence-electron chi connectivity index (χ4n) is 2.95. The van der Waals surface area contributed by atoms with Gasteiger partial charge in [0.25, 0.3) is 0 Å². The highest BCUT2D eigenvalue weighted by molar-refractivity contribution is 4.75. The molecule has 5 heteroatoms. The maximum Gasteiger partial charge on any atom is 0.0558 e. The Morgan fingerprint density at radius 1 is 1.00 bits per heavy atom. The van der Waals surface area contributed by atoms with Crippen LogP contribution < -0.4 is 0 Å². The molecule has 0 radical (unpaired) electrons. The molecule has 0 atom stereocenters. The van der Waals surface area contributed by atoms with E-state index in [0.717, 1.165) is 12.5 Å². The Bertz CT molecular complexity index is 225. The molecule has 0 saturated carbocycles. The maximum absolute atomic E-state index is 9.04. The fraction of sp³-hybridized carbons (Fsp3) is 1.00. The molecular weight excluding hydrogens is 254 g/mol. The second-order valence-electron chi connectivity index (χ2n) is 6.19. The van der Waals surface area contributed by atoms with Crippen LogP contribution in [0.4, 0.5) is 0 Å². The third kappa shape index (κ3) is 7.55. The molecule has 1 aliphatic rings. The molecule has 5 nitrogen and oxygen atoms in total. The SMILES string of the molecule is CN(C)CCCN1CCC(CN(CCO)CCO)CC1. The van der Waals surface area contributed by atoms with Gasteiger partial charge in [0.05, 0.1) is 13.2 Å². The standard InChI is InChI=1S/C15H33N3O2/c1-16(2)6-3-7-17-8-4-15(5-9-17)14-18(10-12-19)11-13-20/h15,19-20H,3-14H2,1-2H3. The van der Waals surface area contributed by atoms with Crippen LogP contribution in [0.25, 0.3) is 0 Å². The van der Waals surface area contributed by atoms with Crippen LogP contribution in [0.15, 0.2) is 0 Å². The molecule has 0 aromatic carbocycles. The molecule has 1 fully saturated rings. The summed E-state index contributed by atoms with van der Waals surface area (Å²) in [6, 6.07) is 0. The average molecular weight is 287 g/mol. The van der Waals surface area contributed by atoms with Crippen molar-refractivity contribution in [1.82, 2.24) is 14.7 Å². The van der Waals surface area contributed by atoms with Crippen LogP contribution >= 0.6 is 0 Å². The summed E-state index contributed by atoms with van der Waals surface area (Å²) in [4.78, 5) is 7.00. The molecule has 0 spiro atoms. The molecule has 0 aliphatic carbocycles. The molecule has 1 rings (SSSR count). The zero-order valence-electron chi connectivity index (χ0n) is 13.3. The Balaban J connectivity index is 2.17. The highest BCUT2D eigenvalue weighted by Gasteiger charge is 2.20. The first-order chi connectivity index (χ1) is 9.65. The normalized spacial score (nSPS) is 18.3. The van der Waals surface area contributed by atoms with Crippen LogP contribution in [-0.2, 0) is 0 Å². The summed E-state index contributed by atoms with van der Waals surface area (Å²) in [5.41, 5.74) is 0. The van der Waals surface area contributed by atoms with Crippen molar-refractivity contribution in [3.8, 4) is 0 Å². The second kappa shape index (κ2) is 10.5. The van der Waals surface area contributed by atoms with E-state index in [2.05, 4.69) is 28.8 Å². The topological polar surface area (TPSA) is 50.2 Å². The lowest BCUT2D eigenvalue weighted by Crippen LogP contribution is -2.41. The Morgan fingerprint density at radius 3 is 2.10 bits per heavy atom. The van der Waals surface area contributed by atoms with Crippen molar-refractivity contribution >= 4 is 0 Å². The molecule has 0 amide bonds. The first-order valence-corrected chi connectivity index (χ1v) is 7.97. The van der Waals surface area contributed by atoms with Crippen molar-refractivity contribution < 1.29 is 10.2 Å². The summed E-state index contributed by atoms with van der Waals surface area (Å²) in [5, 5.41) is 18.1. The number of aliphatic hydroxyl groups excluding tert-OH is 2. The van der Waals surface area contributed by atoms with Gasteiger partial charge in [-0.15, -0.1) is 0 Å². The molecule has 2 N–H and O–H groups in total. The van der Waals surface area contributed by atoms with E-state index < -0.39 is 0 Å². The zero-order valence-corrected chi connectivity index (χ0v) is 13.3. The van der Waals surface area contributed by atoms with Crippen molar-refractivity contribution in [1.29, 1.82) is 0 Å². The van der Waals surface area contributed by atoms with Crippen molar-refractivity contribution in [2.24, 2.45) is 5.92 Å². The van der Waals surface area contributed by atoms with E-state index in [-0.39, 0.29) is 13.2 Å². The Kier molecular flexibility index (Phi) is 9.39. The van der Waals surface area contributed by atoms with E-state index in [1.807, 2.05) is 0 Å². The second-order valence-corrected chi connectivity index (χ2v) is 6.19. The van der Waals surface area contributed by atoms with Crippen molar-refractivity contribution in [3.05, 3.63) is 0 Å². The van der Waals surface area contributed by atoms with Gasteiger partial charge < -0.3 is 20.0 Å². The number of aliphatic hydroxyl groups is 2. The number of likely N-dealkylation sites (tertiary alicyclic amines) is 1. The highest BCUT2D eigenvalue weighted by Crippen LogP contribution is 2.18. The molecule has 0 aromatic rings. The van der Waals surface area contributed by atoms with Crippen molar-refractivity contribution in [2.45, 2.75) is 19.3 Å². The summed E-state index contributed by atoms with van der Waals surface area (Å²) in [5.74, 6) is 0.721. The van der Waals surface area contributed by atoms with E-state index >= 15 is 0 Å². The summed E-state index contributed by atoms with van der Waals surface area (Å²) < 4.78 is 0. The molecule has 20 heavy (non-hydrogen) atoms. The molecule has 1 heterocycles. The smallest absolute Gasteiger partial charge is 0.0558 e. The van der Waals surface area contributed by atoms with Crippen LogP contribution in [0.3, 0.4) is 0 Å². The van der Waals surface area contributed by atoms with Gasteiger partial charge in [-0.05, 0) is 65.5 Å². The zero-order chi connectivity index (χ0) is 14.8. The lowest BCUT2D eigenvalue weighted by atomic mass is 9.96. The van der Waals surface area contributed by atoms with Crippen LogP contribution in [0.2, 0.25) is 0 Å². The van der Waals surface area contributed by atoms with Gasteiger partial charge in [-0.1, -0.05) is 0 Å². The third-order valence-corrected chi connectivity index (χ3v) is 4.14. The number of rotatable bonds is 10. The summed E-state index contributed by atoms with van der Waals surface area (Å²) >= 11 is 0. The molecule has 0 unspecified atom stereocenters. The van der Waals surface area contributed by atoms with Gasteiger partial charge in [0, 0.05) is 19.6 Å². The van der Waals surface area contributed by atoms with Gasteiger partial charge in [-0.25, -0.2) is 0 Å². The molecule has 0 bridgehead atoms. The lowest BCUT2D eigenvalue weighted by Gasteiger charge is -2.34. The Labute approximate surface area is 124 Å². The summed E-state index contributed by atoms with van der Waals surface area (Å²) in [7, 11) is 4.26. The first-order valence-electron chi connectivity index (χ1n) is 7.97. The van der Waals surface area contributed by atoms with Gasteiger partial charge in [0.15, 0.2) is 0 Å². The quantitative estimate of drug-likeness (QED) is 0.589. The van der Waals surface area contributed by atoms with Gasteiger partial charge in [0.1, 0.15) is 0 Å². The lowest BCUT2D eigenvalue weighted by molar-refractivity contribution is 0.111. The molecule has 0 aromatic heterocycles. The summed E-state index contributed by atoms with van der Waals surface area (Å²) in [6.07, 6.45) is 3.74. The monoisotopic (exact) mass is 287 g/mol. The van der Waals surface area contributed by atoms with Crippen molar-refractivity contribution in [3.63, 3.8) is 0 Å². The highest BCUT2D eigenvalue weighted by atomic mass is 16.3. The largest absolute Gasteiger partial charge is 0.395 e. The molecule has 1 saturated heterocycles. The number of hydrogen-bond donors (Lipinski definition) is 2. The minimum Gasteiger partial charge on any atom is -0.395 e. The van der Waals surface area contributed by atoms with Crippen LogP contribution in [0.5, 0.6) is 0 Å². The van der Waals surface area contributed by atoms with Crippen LogP contribution in [0.1, 0.15) is 19.3 Å². The number of nitrogens with zero attached hydrogens (tertiary/aromatic N) is 3. The van der Waals surface area contributed by atoms with Gasteiger partial charge in [0.2, 0.25) is 0 Å². The van der Waals surface area contributed by atoms with Crippen molar-refractivity contribution in [2.75, 3.05) is 73.1 Å². The van der Waals surface area contributed by atoms with Gasteiger partial charge >= 0.3 is 0 Å². The fourth-order valence-corrected chi connectivity index (χ4v) is 2.95. The molecule has 1 aliphatic heterocycles. The minimum absolute atomic E-state index is 0.184. The maximum atomic E-state index is 9.04. The number of piperidine rings is 1. The van der Waals surface area contributed by atoms with Crippen LogP contribution in [-0.4, -0.2) is 98.0 Å². The third-order valence-electron chi connectivity index (χ3n) is 4.14. The van der Waals surface area contributed by atoms with E-state index in [9.17, 15) is 0 Å². The van der Waals surface area contributed by atoms with E-state index in [1.165, 1.54) is 45.4 Å². The minimum atomic E-state index is 0.184. The predicted molar refractivity (Wildman–Crippen MR) is 82.9 cm³/mol.